The van der Waals surface area contributed by atoms with Gasteiger partial charge in [0.15, 0.2) is 0 Å². The van der Waals surface area contributed by atoms with Crippen LogP contribution in [-0.2, 0) is 16.2 Å². The molecule has 0 radical (unpaired) electrons. The molecule has 0 aliphatic heterocycles. The highest BCUT2D eigenvalue weighted by molar-refractivity contribution is 7.99. The maximum Gasteiger partial charge on any atom is 0.128 e. The predicted octanol–water partition coefficient (Wildman–Crippen LogP) is 17.4. The van der Waals surface area contributed by atoms with Crippen LogP contribution in [0.2, 0.25) is 0 Å². The van der Waals surface area contributed by atoms with Crippen LogP contribution in [-0.4, -0.2) is 34.6 Å². The molecule has 0 spiro atoms. The fraction of sp³-hybridized carbons (Fsp3) is 0.212. The lowest BCUT2D eigenvalue weighted by Gasteiger charge is -2.27. The number of benzene rings is 9. The Balaban J connectivity index is 1.10. The fourth-order valence-electron chi connectivity index (χ4n) is 9.41. The smallest absolute Gasteiger partial charge is 0.128 e. The molecule has 2 N–H and O–H groups in total. The molecule has 72 heavy (non-hydrogen) atoms. The molecular weight excluding hydrogens is 916 g/mol. The van der Waals surface area contributed by atoms with Crippen LogP contribution in [0.3, 0.4) is 0 Å². The van der Waals surface area contributed by atoms with Gasteiger partial charge in [-0.15, -0.1) is 11.8 Å². The molecule has 9 rings (SSSR count). The van der Waals surface area contributed by atoms with Crippen LogP contribution in [0.1, 0.15) is 90.1 Å². The summed E-state index contributed by atoms with van der Waals surface area (Å²) in [5.74, 6) is 1.48. The summed E-state index contributed by atoms with van der Waals surface area (Å²) in [6.45, 7) is 19.4. The average molecular weight is 981 g/mol. The molecule has 6 heteroatoms. The molecular formula is C66H65N2O2PS. The minimum absolute atomic E-state index is 0.136. The summed E-state index contributed by atoms with van der Waals surface area (Å²) in [7, 11) is -0.458. The summed E-state index contributed by atoms with van der Waals surface area (Å²) >= 11 is 1.90. The lowest BCUT2D eigenvalue weighted by molar-refractivity contribution is 0.443. The zero-order chi connectivity index (χ0) is 50.8. The Morgan fingerprint density at radius 3 is 1.40 bits per heavy atom. The van der Waals surface area contributed by atoms with E-state index in [2.05, 4.69) is 244 Å². The van der Waals surface area contributed by atoms with Crippen molar-refractivity contribution in [2.24, 2.45) is 9.98 Å². The van der Waals surface area contributed by atoms with Crippen LogP contribution in [0.15, 0.2) is 197 Å². The van der Waals surface area contributed by atoms with E-state index in [1.165, 1.54) is 15.5 Å². The second-order valence-electron chi connectivity index (χ2n) is 21.7. The lowest BCUT2D eigenvalue weighted by Crippen LogP contribution is -2.17. The molecule has 0 fully saturated rings. The number of rotatable bonds is 12. The van der Waals surface area contributed by atoms with Crippen molar-refractivity contribution in [3.63, 3.8) is 0 Å². The van der Waals surface area contributed by atoms with Crippen LogP contribution in [0.4, 0.5) is 11.4 Å². The molecule has 0 amide bonds. The van der Waals surface area contributed by atoms with Gasteiger partial charge in [0.1, 0.15) is 11.5 Å². The summed E-state index contributed by atoms with van der Waals surface area (Å²) in [4.78, 5) is 11.8. The van der Waals surface area contributed by atoms with Crippen molar-refractivity contribution in [2.75, 3.05) is 11.9 Å². The number of phenols is 2. The molecule has 362 valence electrons. The van der Waals surface area contributed by atoms with E-state index < -0.39 is 7.92 Å². The number of hydrogen-bond acceptors (Lipinski definition) is 5. The molecule has 0 unspecified atom stereocenters. The van der Waals surface area contributed by atoms with Gasteiger partial charge in [-0.25, -0.2) is 0 Å². The SMILES string of the molecule is CC(C)(C)c1cc(/C=N/c2ccc3ccccc3c2-c2c(/N=C/c3cc(-c4ccc(SCCP(c5ccccc5)c5ccccc5)cc4)cc(C(C)(C)C)c3O)ccc3ccccc23)c(O)c(C(C)(C)C)c1. The number of hydrogen-bond donors (Lipinski definition) is 2. The van der Waals surface area contributed by atoms with Crippen LogP contribution in [0, 0.1) is 0 Å². The van der Waals surface area contributed by atoms with Gasteiger partial charge in [-0.3, -0.25) is 9.98 Å². The minimum atomic E-state index is -0.458. The number of thioether (sulfide) groups is 1. The molecule has 4 nitrogen and oxygen atoms in total. The molecule has 0 aromatic heterocycles. The Labute approximate surface area is 432 Å². The molecule has 0 aliphatic carbocycles. The quantitative estimate of drug-likeness (QED) is 0.0728. The summed E-state index contributed by atoms with van der Waals surface area (Å²) in [5, 5.41) is 30.9. The van der Waals surface area contributed by atoms with Crippen LogP contribution < -0.4 is 10.6 Å². The van der Waals surface area contributed by atoms with E-state index in [0.717, 1.165) is 83.8 Å². The monoisotopic (exact) mass is 980 g/mol. The van der Waals surface area contributed by atoms with Crippen molar-refractivity contribution < 1.29 is 10.2 Å². The third-order valence-electron chi connectivity index (χ3n) is 13.4. The van der Waals surface area contributed by atoms with Gasteiger partial charge >= 0.3 is 0 Å². The Morgan fingerprint density at radius 2 is 0.917 bits per heavy atom. The third-order valence-corrected chi connectivity index (χ3v) is 17.2. The Morgan fingerprint density at radius 1 is 0.458 bits per heavy atom. The lowest BCUT2D eigenvalue weighted by atomic mass is 9.79. The van der Waals surface area contributed by atoms with Crippen LogP contribution in [0.5, 0.6) is 11.5 Å². The van der Waals surface area contributed by atoms with E-state index in [-0.39, 0.29) is 27.7 Å². The normalized spacial score (nSPS) is 12.5. The zero-order valence-corrected chi connectivity index (χ0v) is 44.7. The van der Waals surface area contributed by atoms with Crippen molar-refractivity contribution in [2.45, 2.75) is 83.5 Å². The van der Waals surface area contributed by atoms with Crippen molar-refractivity contribution in [1.82, 2.24) is 0 Å². The maximum atomic E-state index is 12.1. The van der Waals surface area contributed by atoms with Crippen LogP contribution >= 0.6 is 19.7 Å². The van der Waals surface area contributed by atoms with Gasteiger partial charge < -0.3 is 10.2 Å². The summed E-state index contributed by atoms with van der Waals surface area (Å²) in [6.07, 6.45) is 4.73. The first-order chi connectivity index (χ1) is 34.4. The van der Waals surface area contributed by atoms with Crippen molar-refractivity contribution in [1.29, 1.82) is 0 Å². The topological polar surface area (TPSA) is 65.2 Å². The van der Waals surface area contributed by atoms with Crippen molar-refractivity contribution >= 4 is 75.6 Å². The highest BCUT2D eigenvalue weighted by Gasteiger charge is 2.26. The first kappa shape index (κ1) is 50.2. The minimum Gasteiger partial charge on any atom is -0.507 e. The molecule has 0 saturated carbocycles. The Bertz CT molecular complexity index is 3410. The van der Waals surface area contributed by atoms with Gasteiger partial charge in [0.25, 0.3) is 0 Å². The molecule has 0 aliphatic rings. The maximum absolute atomic E-state index is 12.1. The van der Waals surface area contributed by atoms with Gasteiger partial charge in [-0.1, -0.05) is 202 Å². The number of phenolic OH excluding ortho intramolecular Hbond substituents is 2. The third kappa shape index (κ3) is 11.0. The molecule has 0 atom stereocenters. The molecule has 0 saturated heterocycles. The summed E-state index contributed by atoms with van der Waals surface area (Å²) < 4.78 is 0. The Hall–Kier alpha value is -6.78. The van der Waals surface area contributed by atoms with E-state index in [9.17, 15) is 10.2 Å². The van der Waals surface area contributed by atoms with E-state index in [1.54, 1.807) is 0 Å². The van der Waals surface area contributed by atoms with E-state index >= 15 is 0 Å². The summed E-state index contributed by atoms with van der Waals surface area (Å²) in [5.41, 5.74) is 8.94. The van der Waals surface area contributed by atoms with Gasteiger partial charge in [0, 0.05) is 56.5 Å². The van der Waals surface area contributed by atoms with E-state index in [4.69, 9.17) is 9.98 Å². The molecule has 9 aromatic rings. The average Bonchev–Trinajstić information content (AvgIpc) is 3.36. The highest BCUT2D eigenvalue weighted by atomic mass is 32.2. The first-order valence-electron chi connectivity index (χ1n) is 24.9. The van der Waals surface area contributed by atoms with Crippen LogP contribution in [0.25, 0.3) is 43.8 Å². The molecule has 0 bridgehead atoms. The van der Waals surface area contributed by atoms with E-state index in [0.29, 0.717) is 11.1 Å². The second kappa shape index (κ2) is 20.7. The Kier molecular flexibility index (Phi) is 14.5. The van der Waals surface area contributed by atoms with Crippen molar-refractivity contribution in [3.8, 4) is 33.8 Å². The second-order valence-corrected chi connectivity index (χ2v) is 25.3. The fourth-order valence-corrected chi connectivity index (χ4v) is 13.0. The highest BCUT2D eigenvalue weighted by Crippen LogP contribution is 2.47. The number of aromatic hydroxyl groups is 2. The van der Waals surface area contributed by atoms with E-state index in [1.807, 2.05) is 24.2 Å². The van der Waals surface area contributed by atoms with Gasteiger partial charge in [-0.05, 0) is 122 Å². The van der Waals surface area contributed by atoms with Crippen molar-refractivity contribution in [3.05, 3.63) is 210 Å². The number of nitrogens with zero attached hydrogens (tertiary/aromatic N) is 2. The van der Waals surface area contributed by atoms with Gasteiger partial charge in [0.05, 0.1) is 11.4 Å². The zero-order valence-electron chi connectivity index (χ0n) is 43.0. The standard InChI is InChI=1S/C66H65N2O2PS/c1-64(2,3)50-39-49(63(70)57(41-50)66(7,8)9)43-68-59-35-31-46-21-17-19-27-55(46)61(59)60-54-26-18-16-20-45(54)30-34-58(60)67-42-48-38-47(40-56(62(48)69)65(4,5)6)44-28-32-53(33-29-44)72-37-36-71(51-22-12-10-13-23-51)52-24-14-11-15-25-52/h10-35,38-43,69-70H,36-37H2,1-9H3/b67-42+,68-43+. The predicted molar refractivity (Wildman–Crippen MR) is 314 cm³/mol. The number of aliphatic imine (C=N–C) groups is 2. The number of fused-ring (bicyclic) bond motifs is 2. The molecule has 0 heterocycles. The first-order valence-corrected chi connectivity index (χ1v) is 27.4. The van der Waals surface area contributed by atoms with Gasteiger partial charge in [-0.2, -0.15) is 0 Å². The van der Waals surface area contributed by atoms with Gasteiger partial charge in [0.2, 0.25) is 0 Å². The molecule has 9 aromatic carbocycles. The largest absolute Gasteiger partial charge is 0.507 e. The summed E-state index contributed by atoms with van der Waals surface area (Å²) in [6, 6.07) is 64.3.